The van der Waals surface area contributed by atoms with E-state index in [0.29, 0.717) is 11.0 Å². The molecule has 5 heteroatoms. The van der Waals surface area contributed by atoms with Crippen LogP contribution >= 0.6 is 11.3 Å². The molecule has 1 fully saturated rings. The van der Waals surface area contributed by atoms with Crippen LogP contribution in [0.1, 0.15) is 51.0 Å². The number of carbonyl (C=O) groups excluding carboxylic acids is 1. The maximum absolute atomic E-state index is 12.4. The molecule has 128 valence electrons. The van der Waals surface area contributed by atoms with Crippen molar-refractivity contribution in [1.29, 1.82) is 0 Å². The van der Waals surface area contributed by atoms with E-state index < -0.39 is 0 Å². The molecule has 0 spiro atoms. The number of anilines is 1. The van der Waals surface area contributed by atoms with E-state index in [1.807, 2.05) is 5.38 Å². The molecule has 0 saturated heterocycles. The van der Waals surface area contributed by atoms with Gasteiger partial charge in [0, 0.05) is 22.9 Å². The van der Waals surface area contributed by atoms with Crippen LogP contribution in [-0.4, -0.2) is 16.9 Å². The number of nitrogens with two attached hydrogens (primary N) is 1. The van der Waals surface area contributed by atoms with Crippen LogP contribution in [0.3, 0.4) is 0 Å². The minimum atomic E-state index is 0.0198. The standard InChI is InChI=1S/C19H25N3OS/c1-12(2)13-6-8-14(9-7-13)17-11-24-19(21-17)22-18(23)15-4-3-5-16(20)10-15/h6-9,11-12,15-16H,3-5,10,20H2,1-2H3,(H,21,22,23)/t15-,16+/m1/s1. The first kappa shape index (κ1) is 17.1. The SMILES string of the molecule is CC(C)c1ccc(-c2csc(NC(=O)[C@@H]3CCC[C@H](N)C3)n2)cc1. The summed E-state index contributed by atoms with van der Waals surface area (Å²) >= 11 is 1.47. The van der Waals surface area contributed by atoms with Gasteiger partial charge >= 0.3 is 0 Å². The summed E-state index contributed by atoms with van der Waals surface area (Å²) in [6.45, 7) is 4.37. The Morgan fingerprint density at radius 1 is 1.29 bits per heavy atom. The summed E-state index contributed by atoms with van der Waals surface area (Å²) < 4.78 is 0. The molecule has 1 aromatic heterocycles. The predicted octanol–water partition coefficient (Wildman–Crippen LogP) is 4.39. The second-order valence-electron chi connectivity index (χ2n) is 6.93. The maximum Gasteiger partial charge on any atom is 0.229 e. The van der Waals surface area contributed by atoms with Crippen LogP contribution in [0.15, 0.2) is 29.6 Å². The largest absolute Gasteiger partial charge is 0.328 e. The second-order valence-corrected chi connectivity index (χ2v) is 7.79. The van der Waals surface area contributed by atoms with Crippen molar-refractivity contribution >= 4 is 22.4 Å². The van der Waals surface area contributed by atoms with Gasteiger partial charge in [-0.15, -0.1) is 11.3 Å². The zero-order chi connectivity index (χ0) is 17.1. The lowest BCUT2D eigenvalue weighted by molar-refractivity contribution is -0.120. The maximum atomic E-state index is 12.4. The summed E-state index contributed by atoms with van der Waals surface area (Å²) in [5, 5.41) is 5.63. The highest BCUT2D eigenvalue weighted by Crippen LogP contribution is 2.28. The topological polar surface area (TPSA) is 68.0 Å². The summed E-state index contributed by atoms with van der Waals surface area (Å²) in [4.78, 5) is 16.9. The number of benzene rings is 1. The minimum absolute atomic E-state index is 0.0198. The fourth-order valence-electron chi connectivity index (χ4n) is 3.18. The molecule has 3 rings (SSSR count). The van der Waals surface area contributed by atoms with Gasteiger partial charge in [-0.2, -0.15) is 0 Å². The van der Waals surface area contributed by atoms with Gasteiger partial charge in [0.15, 0.2) is 5.13 Å². The van der Waals surface area contributed by atoms with Crippen LogP contribution in [0.5, 0.6) is 0 Å². The summed E-state index contributed by atoms with van der Waals surface area (Å²) in [7, 11) is 0. The van der Waals surface area contributed by atoms with E-state index in [2.05, 4.69) is 48.4 Å². The van der Waals surface area contributed by atoms with Crippen LogP contribution < -0.4 is 11.1 Å². The van der Waals surface area contributed by atoms with E-state index in [9.17, 15) is 4.79 Å². The number of nitrogens with one attached hydrogen (secondary N) is 1. The molecule has 4 nitrogen and oxygen atoms in total. The highest BCUT2D eigenvalue weighted by molar-refractivity contribution is 7.14. The van der Waals surface area contributed by atoms with Crippen molar-refractivity contribution in [3.8, 4) is 11.3 Å². The lowest BCUT2D eigenvalue weighted by Gasteiger charge is -2.25. The Bertz CT molecular complexity index is 693. The first-order valence-corrected chi connectivity index (χ1v) is 9.53. The molecular weight excluding hydrogens is 318 g/mol. The summed E-state index contributed by atoms with van der Waals surface area (Å²) in [5.74, 6) is 0.596. The lowest BCUT2D eigenvalue weighted by atomic mass is 9.86. The van der Waals surface area contributed by atoms with E-state index >= 15 is 0 Å². The average Bonchev–Trinajstić information content (AvgIpc) is 3.03. The third-order valence-electron chi connectivity index (χ3n) is 4.69. The van der Waals surface area contributed by atoms with E-state index in [4.69, 9.17) is 5.73 Å². The smallest absolute Gasteiger partial charge is 0.229 e. The Morgan fingerprint density at radius 3 is 2.71 bits per heavy atom. The number of amides is 1. The summed E-state index contributed by atoms with van der Waals surface area (Å²) in [6, 6.07) is 8.62. The van der Waals surface area contributed by atoms with Gasteiger partial charge in [0.2, 0.25) is 5.91 Å². The molecule has 1 aliphatic carbocycles. The zero-order valence-electron chi connectivity index (χ0n) is 14.3. The van der Waals surface area contributed by atoms with Gasteiger partial charge < -0.3 is 11.1 Å². The molecule has 1 aliphatic rings. The summed E-state index contributed by atoms with van der Waals surface area (Å²) in [5.41, 5.74) is 9.28. The second kappa shape index (κ2) is 7.45. The van der Waals surface area contributed by atoms with Gasteiger partial charge in [0.05, 0.1) is 5.69 Å². The molecule has 1 heterocycles. The molecule has 0 unspecified atom stereocenters. The Kier molecular flexibility index (Phi) is 5.31. The number of carbonyl (C=O) groups is 1. The van der Waals surface area contributed by atoms with E-state index in [0.717, 1.165) is 36.9 Å². The van der Waals surface area contributed by atoms with Crippen LogP contribution in [0.25, 0.3) is 11.3 Å². The molecular formula is C19H25N3OS. The van der Waals surface area contributed by atoms with E-state index in [1.54, 1.807) is 0 Å². The highest BCUT2D eigenvalue weighted by atomic mass is 32.1. The number of aromatic nitrogens is 1. The molecule has 0 aliphatic heterocycles. The van der Waals surface area contributed by atoms with Crippen molar-refractivity contribution in [1.82, 2.24) is 4.98 Å². The normalized spacial score (nSPS) is 21.0. The van der Waals surface area contributed by atoms with Crippen molar-refractivity contribution in [3.63, 3.8) is 0 Å². The van der Waals surface area contributed by atoms with Gasteiger partial charge in [-0.3, -0.25) is 4.79 Å². The third-order valence-corrected chi connectivity index (χ3v) is 5.45. The number of hydrogen-bond acceptors (Lipinski definition) is 4. The number of rotatable bonds is 4. The van der Waals surface area contributed by atoms with Crippen molar-refractivity contribution in [3.05, 3.63) is 35.2 Å². The molecule has 0 radical (unpaired) electrons. The molecule has 2 atom stereocenters. The Hall–Kier alpha value is -1.72. The van der Waals surface area contributed by atoms with Gasteiger partial charge in [-0.25, -0.2) is 4.98 Å². The molecule has 2 aromatic rings. The van der Waals surface area contributed by atoms with Crippen molar-refractivity contribution in [2.24, 2.45) is 11.7 Å². The zero-order valence-corrected chi connectivity index (χ0v) is 15.1. The van der Waals surface area contributed by atoms with E-state index in [1.165, 1.54) is 16.9 Å². The quantitative estimate of drug-likeness (QED) is 0.865. The predicted molar refractivity (Wildman–Crippen MR) is 100 cm³/mol. The number of nitrogens with zero attached hydrogens (tertiary/aromatic N) is 1. The van der Waals surface area contributed by atoms with Gasteiger partial charge in [0.1, 0.15) is 0 Å². The summed E-state index contributed by atoms with van der Waals surface area (Å²) in [6.07, 6.45) is 3.76. The molecule has 1 amide bonds. The highest BCUT2D eigenvalue weighted by Gasteiger charge is 2.25. The fourth-order valence-corrected chi connectivity index (χ4v) is 3.90. The van der Waals surface area contributed by atoms with Crippen LogP contribution in [-0.2, 0) is 4.79 Å². The fraction of sp³-hybridized carbons (Fsp3) is 0.474. The average molecular weight is 343 g/mol. The molecule has 0 bridgehead atoms. The van der Waals surface area contributed by atoms with Crippen molar-refractivity contribution in [2.45, 2.75) is 51.5 Å². The van der Waals surface area contributed by atoms with Crippen molar-refractivity contribution in [2.75, 3.05) is 5.32 Å². The van der Waals surface area contributed by atoms with Gasteiger partial charge in [-0.1, -0.05) is 44.5 Å². The Labute approximate surface area is 147 Å². The third kappa shape index (κ3) is 4.02. The van der Waals surface area contributed by atoms with Gasteiger partial charge in [0.25, 0.3) is 0 Å². The Morgan fingerprint density at radius 2 is 2.04 bits per heavy atom. The van der Waals surface area contributed by atoms with Gasteiger partial charge in [-0.05, 0) is 30.7 Å². The molecule has 1 saturated carbocycles. The molecule has 1 aromatic carbocycles. The first-order valence-electron chi connectivity index (χ1n) is 8.65. The first-order chi connectivity index (χ1) is 11.5. The van der Waals surface area contributed by atoms with Crippen LogP contribution in [0, 0.1) is 5.92 Å². The lowest BCUT2D eigenvalue weighted by Crippen LogP contribution is -2.34. The molecule has 3 N–H and O–H groups in total. The number of thiazole rings is 1. The monoisotopic (exact) mass is 343 g/mol. The van der Waals surface area contributed by atoms with Crippen LogP contribution in [0.2, 0.25) is 0 Å². The van der Waals surface area contributed by atoms with Crippen molar-refractivity contribution < 1.29 is 4.79 Å². The van der Waals surface area contributed by atoms with E-state index in [-0.39, 0.29) is 17.9 Å². The minimum Gasteiger partial charge on any atom is -0.328 e. The van der Waals surface area contributed by atoms with Crippen LogP contribution in [0.4, 0.5) is 5.13 Å². The molecule has 24 heavy (non-hydrogen) atoms. The Balaban J connectivity index is 1.65. The number of hydrogen-bond donors (Lipinski definition) is 2.